The van der Waals surface area contributed by atoms with Crippen molar-refractivity contribution in [2.24, 2.45) is 0 Å². The Kier molecular flexibility index (Phi) is 7.72. The van der Waals surface area contributed by atoms with Gasteiger partial charge in [-0.2, -0.15) is 8.61 Å². The van der Waals surface area contributed by atoms with Gasteiger partial charge in [-0.3, -0.25) is 4.98 Å². The Morgan fingerprint density at radius 3 is 2.07 bits per heavy atom. The fourth-order valence-electron chi connectivity index (χ4n) is 4.74. The minimum absolute atomic E-state index is 0.0131. The van der Waals surface area contributed by atoms with Crippen molar-refractivity contribution in [3.05, 3.63) is 72.9 Å². The predicted molar refractivity (Wildman–Crippen MR) is 151 cm³/mol. The third-order valence-electron chi connectivity index (χ3n) is 6.92. The van der Waals surface area contributed by atoms with Crippen molar-refractivity contribution in [3.8, 4) is 22.8 Å². The summed E-state index contributed by atoms with van der Waals surface area (Å²) in [5, 5.41) is 0. The summed E-state index contributed by atoms with van der Waals surface area (Å²) in [6.07, 6.45) is 1.67. The SMILES string of the molecule is O=S(=O)(c1ccc(Oc2cccc(-c3cnc4ccccc4n3)c2)c(S(=O)(=O)N2CCOCC2)c1)N1CCOCC1. The molecule has 3 heterocycles. The summed E-state index contributed by atoms with van der Waals surface area (Å²) in [6, 6.07) is 18.6. The molecule has 0 saturated carbocycles. The van der Waals surface area contributed by atoms with E-state index in [1.807, 2.05) is 30.3 Å². The first-order chi connectivity index (χ1) is 19.8. The molecule has 214 valence electrons. The van der Waals surface area contributed by atoms with Crippen LogP contribution in [0.2, 0.25) is 0 Å². The molecule has 13 heteroatoms. The molecule has 41 heavy (non-hydrogen) atoms. The third kappa shape index (κ3) is 5.69. The standard InChI is InChI=1S/C28H28N4O7S2/c33-40(34,31-10-14-37-15-11-31)23-8-9-27(28(19-23)41(35,36)32-12-16-38-17-13-32)39-22-5-3-4-21(18-22)26-20-29-24-6-1-2-7-25(24)30-26/h1-9,18-20H,10-17H2. The summed E-state index contributed by atoms with van der Waals surface area (Å²) in [5.74, 6) is 0.374. The van der Waals surface area contributed by atoms with Crippen LogP contribution < -0.4 is 4.74 Å². The van der Waals surface area contributed by atoms with Crippen LogP contribution in [0, 0.1) is 0 Å². The lowest BCUT2D eigenvalue weighted by Crippen LogP contribution is -2.41. The molecule has 11 nitrogen and oxygen atoms in total. The second-order valence-electron chi connectivity index (χ2n) is 9.52. The van der Waals surface area contributed by atoms with Crippen LogP contribution in [0.4, 0.5) is 0 Å². The maximum atomic E-state index is 13.8. The number of sulfonamides is 2. The molecule has 6 rings (SSSR count). The van der Waals surface area contributed by atoms with Gasteiger partial charge in [0.25, 0.3) is 0 Å². The Labute approximate surface area is 238 Å². The van der Waals surface area contributed by atoms with Gasteiger partial charge in [-0.25, -0.2) is 21.8 Å². The van der Waals surface area contributed by atoms with Crippen molar-refractivity contribution in [1.29, 1.82) is 0 Å². The highest BCUT2D eigenvalue weighted by molar-refractivity contribution is 7.90. The van der Waals surface area contributed by atoms with Crippen molar-refractivity contribution in [3.63, 3.8) is 0 Å². The van der Waals surface area contributed by atoms with Crippen LogP contribution in [0.5, 0.6) is 11.5 Å². The minimum Gasteiger partial charge on any atom is -0.456 e. The number of para-hydroxylation sites is 2. The van der Waals surface area contributed by atoms with Gasteiger partial charge in [-0.15, -0.1) is 0 Å². The minimum atomic E-state index is -4.11. The monoisotopic (exact) mass is 596 g/mol. The number of fused-ring (bicyclic) bond motifs is 1. The van der Waals surface area contributed by atoms with Crippen LogP contribution in [-0.4, -0.2) is 88.0 Å². The van der Waals surface area contributed by atoms with Gasteiger partial charge in [0.15, 0.2) is 0 Å². The number of benzene rings is 3. The molecule has 0 atom stereocenters. The Morgan fingerprint density at radius 2 is 1.37 bits per heavy atom. The van der Waals surface area contributed by atoms with Gasteiger partial charge >= 0.3 is 0 Å². The lowest BCUT2D eigenvalue weighted by Gasteiger charge is -2.28. The number of rotatable bonds is 7. The van der Waals surface area contributed by atoms with Gasteiger partial charge < -0.3 is 14.2 Å². The summed E-state index contributed by atoms with van der Waals surface area (Å²) >= 11 is 0. The molecule has 0 spiro atoms. The molecular formula is C28H28N4O7S2. The lowest BCUT2D eigenvalue weighted by molar-refractivity contribution is 0.0728. The highest BCUT2D eigenvalue weighted by Crippen LogP contribution is 2.35. The van der Waals surface area contributed by atoms with E-state index in [0.29, 0.717) is 11.4 Å². The quantitative estimate of drug-likeness (QED) is 0.316. The first-order valence-corrected chi connectivity index (χ1v) is 16.0. The first-order valence-electron chi connectivity index (χ1n) is 13.1. The highest BCUT2D eigenvalue weighted by atomic mass is 32.2. The zero-order valence-corrected chi connectivity index (χ0v) is 23.7. The molecule has 0 unspecified atom stereocenters. The second-order valence-corrected chi connectivity index (χ2v) is 13.4. The van der Waals surface area contributed by atoms with Gasteiger partial charge in [0.1, 0.15) is 16.4 Å². The van der Waals surface area contributed by atoms with Crippen LogP contribution in [0.1, 0.15) is 0 Å². The zero-order valence-electron chi connectivity index (χ0n) is 22.0. The van der Waals surface area contributed by atoms with Gasteiger partial charge in [0.2, 0.25) is 20.0 Å². The lowest BCUT2D eigenvalue weighted by atomic mass is 10.1. The van der Waals surface area contributed by atoms with E-state index in [0.717, 1.165) is 16.6 Å². The summed E-state index contributed by atoms with van der Waals surface area (Å²) in [5.41, 5.74) is 2.87. The molecule has 2 aliphatic heterocycles. The Balaban J connectivity index is 1.38. The number of aromatic nitrogens is 2. The maximum Gasteiger partial charge on any atom is 0.246 e. The van der Waals surface area contributed by atoms with E-state index in [1.54, 1.807) is 24.4 Å². The largest absolute Gasteiger partial charge is 0.456 e. The van der Waals surface area contributed by atoms with Crippen molar-refractivity contribution < 1.29 is 31.0 Å². The van der Waals surface area contributed by atoms with Crippen molar-refractivity contribution >= 4 is 31.1 Å². The first kappa shape index (κ1) is 27.7. The smallest absolute Gasteiger partial charge is 0.246 e. The molecule has 0 amide bonds. The number of nitrogens with zero attached hydrogens (tertiary/aromatic N) is 4. The normalized spacial score (nSPS) is 17.5. The number of ether oxygens (including phenoxy) is 3. The topological polar surface area (TPSA) is 128 Å². The molecule has 2 fully saturated rings. The molecule has 0 bridgehead atoms. The predicted octanol–water partition coefficient (Wildman–Crippen LogP) is 3.13. The average Bonchev–Trinajstić information content (AvgIpc) is 3.02. The summed E-state index contributed by atoms with van der Waals surface area (Å²) in [6.45, 7) is 1.73. The van der Waals surface area contributed by atoms with Crippen molar-refractivity contribution in [2.45, 2.75) is 9.79 Å². The summed E-state index contributed by atoms with van der Waals surface area (Å²) in [4.78, 5) is 8.80. The van der Waals surface area contributed by atoms with E-state index in [1.165, 1.54) is 26.8 Å². The second kappa shape index (κ2) is 11.4. The van der Waals surface area contributed by atoms with Crippen molar-refractivity contribution in [1.82, 2.24) is 18.6 Å². The zero-order chi connectivity index (χ0) is 28.5. The van der Waals surface area contributed by atoms with E-state index in [-0.39, 0.29) is 68.1 Å². The van der Waals surface area contributed by atoms with E-state index in [4.69, 9.17) is 14.2 Å². The Morgan fingerprint density at radius 1 is 0.707 bits per heavy atom. The number of morpholine rings is 2. The van der Waals surface area contributed by atoms with E-state index >= 15 is 0 Å². The van der Waals surface area contributed by atoms with Gasteiger partial charge in [0, 0.05) is 31.7 Å². The molecule has 4 aromatic rings. The van der Waals surface area contributed by atoms with Gasteiger partial charge in [0.05, 0.1) is 54.2 Å². The average molecular weight is 597 g/mol. The van der Waals surface area contributed by atoms with Crippen LogP contribution in [0.25, 0.3) is 22.3 Å². The number of hydrogen-bond donors (Lipinski definition) is 0. The maximum absolute atomic E-state index is 13.8. The Bertz CT molecular complexity index is 1790. The molecule has 0 aliphatic carbocycles. The summed E-state index contributed by atoms with van der Waals surface area (Å²) in [7, 11) is -8.07. The van der Waals surface area contributed by atoms with E-state index in [2.05, 4.69) is 9.97 Å². The van der Waals surface area contributed by atoms with Crippen LogP contribution in [0.15, 0.2) is 82.7 Å². The fourth-order valence-corrected chi connectivity index (χ4v) is 7.80. The van der Waals surface area contributed by atoms with Crippen LogP contribution in [-0.2, 0) is 29.5 Å². The van der Waals surface area contributed by atoms with E-state index in [9.17, 15) is 16.8 Å². The Hall–Kier alpha value is -3.46. The molecule has 2 aliphatic rings. The molecule has 1 aromatic heterocycles. The van der Waals surface area contributed by atoms with Gasteiger partial charge in [-0.05, 0) is 42.5 Å². The third-order valence-corrected chi connectivity index (χ3v) is 10.7. The molecule has 3 aromatic carbocycles. The van der Waals surface area contributed by atoms with E-state index < -0.39 is 20.0 Å². The van der Waals surface area contributed by atoms with Crippen LogP contribution in [0.3, 0.4) is 0 Å². The van der Waals surface area contributed by atoms with Crippen LogP contribution >= 0.6 is 0 Å². The van der Waals surface area contributed by atoms with Gasteiger partial charge in [-0.1, -0.05) is 24.3 Å². The fraction of sp³-hybridized carbons (Fsp3) is 0.286. The molecule has 2 saturated heterocycles. The molecule has 0 N–H and O–H groups in total. The molecular weight excluding hydrogens is 568 g/mol. The highest BCUT2D eigenvalue weighted by Gasteiger charge is 2.33. The number of hydrogen-bond acceptors (Lipinski definition) is 9. The van der Waals surface area contributed by atoms with Crippen molar-refractivity contribution in [2.75, 3.05) is 52.6 Å². The molecule has 0 radical (unpaired) electrons. The summed E-state index contributed by atoms with van der Waals surface area (Å²) < 4.78 is 73.7.